The van der Waals surface area contributed by atoms with Gasteiger partial charge in [0.2, 0.25) is 0 Å². The molecule has 0 spiro atoms. The normalized spacial score (nSPS) is 14.1. The summed E-state index contributed by atoms with van der Waals surface area (Å²) in [6.07, 6.45) is 0. The number of para-hydroxylation sites is 1. The molecular formula is C24H15Cl2N3O2. The molecular weight excluding hydrogens is 433 g/mol. The Bertz CT molecular complexity index is 1260. The molecule has 0 atom stereocenters. The second-order valence-electron chi connectivity index (χ2n) is 6.82. The van der Waals surface area contributed by atoms with Crippen molar-refractivity contribution in [1.29, 1.82) is 5.26 Å². The molecule has 0 saturated heterocycles. The van der Waals surface area contributed by atoms with Crippen molar-refractivity contribution in [3.8, 4) is 6.07 Å². The number of fused-ring (bicyclic) bond motifs is 1. The number of nitriles is 1. The summed E-state index contributed by atoms with van der Waals surface area (Å²) in [5, 5.41) is 13.5. The molecule has 5 nitrogen and oxygen atoms in total. The van der Waals surface area contributed by atoms with Crippen LogP contribution in [-0.4, -0.2) is 11.8 Å². The van der Waals surface area contributed by atoms with E-state index >= 15 is 0 Å². The average molecular weight is 448 g/mol. The minimum atomic E-state index is -0.664. The largest absolute Gasteiger partial charge is 0.321 e. The van der Waals surface area contributed by atoms with Gasteiger partial charge in [0, 0.05) is 21.3 Å². The second-order valence-corrected chi connectivity index (χ2v) is 7.67. The molecule has 1 N–H and O–H groups in total. The van der Waals surface area contributed by atoms with Crippen LogP contribution in [0.15, 0.2) is 78.4 Å². The van der Waals surface area contributed by atoms with Crippen molar-refractivity contribution >= 4 is 52.0 Å². The third-order valence-corrected chi connectivity index (χ3v) is 5.52. The van der Waals surface area contributed by atoms with Gasteiger partial charge in [0.05, 0.1) is 17.8 Å². The van der Waals surface area contributed by atoms with Gasteiger partial charge in [-0.2, -0.15) is 5.26 Å². The van der Waals surface area contributed by atoms with E-state index in [1.807, 2.05) is 24.3 Å². The van der Waals surface area contributed by atoms with E-state index in [1.165, 1.54) is 4.90 Å². The Labute approximate surface area is 189 Å². The Morgan fingerprint density at radius 1 is 0.968 bits per heavy atom. The number of halogens is 2. The molecule has 0 saturated carbocycles. The van der Waals surface area contributed by atoms with Crippen LogP contribution in [0.5, 0.6) is 0 Å². The fraction of sp³-hybridized carbons (Fsp3) is 0.0417. The molecule has 0 bridgehead atoms. The Morgan fingerprint density at radius 2 is 1.65 bits per heavy atom. The number of benzene rings is 3. The highest BCUT2D eigenvalue weighted by molar-refractivity contribution is 6.38. The molecule has 1 aliphatic heterocycles. The van der Waals surface area contributed by atoms with Gasteiger partial charge < -0.3 is 10.2 Å². The SMILES string of the molecule is N#C/C(C(=O)Nc1ccc(Cl)cc1)=C1\C(=O)N(Cc2ccccc2Cl)c2ccccc21. The number of amides is 2. The van der Waals surface area contributed by atoms with Gasteiger partial charge in [0.15, 0.2) is 0 Å². The maximum atomic E-state index is 13.4. The zero-order chi connectivity index (χ0) is 22.0. The van der Waals surface area contributed by atoms with E-state index in [0.717, 1.165) is 5.56 Å². The van der Waals surface area contributed by atoms with Crippen LogP contribution in [0.4, 0.5) is 11.4 Å². The minimum absolute atomic E-state index is 0.0663. The first-order chi connectivity index (χ1) is 15.0. The molecule has 0 aromatic heterocycles. The average Bonchev–Trinajstić information content (AvgIpc) is 3.04. The summed E-state index contributed by atoms with van der Waals surface area (Å²) in [5.74, 6) is -1.09. The third kappa shape index (κ3) is 4.04. The highest BCUT2D eigenvalue weighted by Crippen LogP contribution is 2.39. The number of nitrogens with zero attached hydrogens (tertiary/aromatic N) is 2. The molecule has 4 rings (SSSR count). The molecule has 1 aliphatic rings. The summed E-state index contributed by atoms with van der Waals surface area (Å²) in [7, 11) is 0. The van der Waals surface area contributed by atoms with Crippen LogP contribution in [0, 0.1) is 11.3 Å². The minimum Gasteiger partial charge on any atom is -0.321 e. The van der Waals surface area contributed by atoms with Gasteiger partial charge >= 0.3 is 0 Å². The molecule has 0 unspecified atom stereocenters. The van der Waals surface area contributed by atoms with Crippen molar-refractivity contribution in [3.63, 3.8) is 0 Å². The van der Waals surface area contributed by atoms with Crippen molar-refractivity contribution in [3.05, 3.63) is 99.5 Å². The zero-order valence-electron chi connectivity index (χ0n) is 16.1. The topological polar surface area (TPSA) is 73.2 Å². The lowest BCUT2D eigenvalue weighted by Crippen LogP contribution is -2.27. The van der Waals surface area contributed by atoms with E-state index in [-0.39, 0.29) is 17.7 Å². The van der Waals surface area contributed by atoms with Crippen molar-refractivity contribution in [1.82, 2.24) is 0 Å². The third-order valence-electron chi connectivity index (χ3n) is 4.90. The summed E-state index contributed by atoms with van der Waals surface area (Å²) < 4.78 is 0. The summed E-state index contributed by atoms with van der Waals surface area (Å²) in [6.45, 7) is 0.219. The van der Waals surface area contributed by atoms with E-state index in [9.17, 15) is 14.9 Å². The number of anilines is 2. The first-order valence-electron chi connectivity index (χ1n) is 9.35. The second kappa shape index (κ2) is 8.65. The standard InChI is InChI=1S/C24H15Cl2N3O2/c25-16-9-11-17(12-10-16)28-23(30)19(13-27)22-18-6-2-4-8-21(18)29(24(22)31)14-15-5-1-3-7-20(15)26/h1-12H,14H2,(H,28,30)/b22-19+. The summed E-state index contributed by atoms with van der Waals surface area (Å²) in [4.78, 5) is 27.8. The number of carbonyl (C=O) groups excluding carboxylic acids is 2. The van der Waals surface area contributed by atoms with Crippen molar-refractivity contribution in [2.24, 2.45) is 0 Å². The molecule has 0 radical (unpaired) electrons. The van der Waals surface area contributed by atoms with E-state index in [4.69, 9.17) is 23.2 Å². The van der Waals surface area contributed by atoms with Gasteiger partial charge in [0.1, 0.15) is 11.6 Å². The van der Waals surface area contributed by atoms with Crippen LogP contribution in [0.25, 0.3) is 5.57 Å². The first kappa shape index (κ1) is 20.7. The maximum absolute atomic E-state index is 13.4. The fourth-order valence-corrected chi connectivity index (χ4v) is 3.74. The van der Waals surface area contributed by atoms with Gasteiger partial charge in [-0.15, -0.1) is 0 Å². The lowest BCUT2D eigenvalue weighted by molar-refractivity contribution is -0.114. The predicted molar refractivity (Wildman–Crippen MR) is 122 cm³/mol. The van der Waals surface area contributed by atoms with Gasteiger partial charge in [-0.25, -0.2) is 0 Å². The van der Waals surface area contributed by atoms with E-state index < -0.39 is 11.8 Å². The Hall–Kier alpha value is -3.59. The molecule has 1 heterocycles. The molecule has 7 heteroatoms. The van der Waals surface area contributed by atoms with Crippen LogP contribution in [0.3, 0.4) is 0 Å². The number of nitrogens with one attached hydrogen (secondary N) is 1. The van der Waals surface area contributed by atoms with Gasteiger partial charge in [-0.3, -0.25) is 9.59 Å². The quantitative estimate of drug-likeness (QED) is 0.426. The highest BCUT2D eigenvalue weighted by Gasteiger charge is 2.36. The van der Waals surface area contributed by atoms with E-state index in [2.05, 4.69) is 5.32 Å². The fourth-order valence-electron chi connectivity index (χ4n) is 3.42. The van der Waals surface area contributed by atoms with Crippen LogP contribution in [-0.2, 0) is 16.1 Å². The first-order valence-corrected chi connectivity index (χ1v) is 10.1. The Kier molecular flexibility index (Phi) is 5.77. The van der Waals surface area contributed by atoms with E-state index in [1.54, 1.807) is 54.6 Å². The molecule has 0 aliphatic carbocycles. The Morgan fingerprint density at radius 3 is 2.35 bits per heavy atom. The summed E-state index contributed by atoms with van der Waals surface area (Å²) in [6, 6.07) is 22.7. The summed E-state index contributed by atoms with van der Waals surface area (Å²) >= 11 is 12.2. The van der Waals surface area contributed by atoms with Crippen LogP contribution >= 0.6 is 23.2 Å². The number of carbonyl (C=O) groups is 2. The Balaban J connectivity index is 1.74. The number of hydrogen-bond donors (Lipinski definition) is 1. The van der Waals surface area contributed by atoms with Gasteiger partial charge in [-0.1, -0.05) is 59.6 Å². The molecule has 3 aromatic carbocycles. The van der Waals surface area contributed by atoms with Crippen LogP contribution < -0.4 is 10.2 Å². The smallest absolute Gasteiger partial charge is 0.267 e. The van der Waals surface area contributed by atoms with Crippen LogP contribution in [0.1, 0.15) is 11.1 Å². The van der Waals surface area contributed by atoms with Crippen molar-refractivity contribution < 1.29 is 9.59 Å². The molecule has 0 fully saturated rings. The van der Waals surface area contributed by atoms with Crippen molar-refractivity contribution in [2.75, 3.05) is 10.2 Å². The lowest BCUT2D eigenvalue weighted by atomic mass is 10.0. The zero-order valence-corrected chi connectivity index (χ0v) is 17.6. The van der Waals surface area contributed by atoms with E-state index in [0.29, 0.717) is 27.0 Å². The molecule has 152 valence electrons. The van der Waals surface area contributed by atoms with Gasteiger partial charge in [-0.05, 0) is 42.0 Å². The number of hydrogen-bond acceptors (Lipinski definition) is 3. The predicted octanol–water partition coefficient (Wildman–Crippen LogP) is 5.46. The molecule has 2 amide bonds. The van der Waals surface area contributed by atoms with Crippen LogP contribution in [0.2, 0.25) is 10.0 Å². The highest BCUT2D eigenvalue weighted by atomic mass is 35.5. The lowest BCUT2D eigenvalue weighted by Gasteiger charge is -2.18. The van der Waals surface area contributed by atoms with Gasteiger partial charge in [0.25, 0.3) is 11.8 Å². The number of rotatable bonds is 4. The molecule has 31 heavy (non-hydrogen) atoms. The maximum Gasteiger partial charge on any atom is 0.267 e. The summed E-state index contributed by atoms with van der Waals surface area (Å²) in [5.41, 5.74) is 2.19. The van der Waals surface area contributed by atoms with Crippen molar-refractivity contribution in [2.45, 2.75) is 6.54 Å². The monoisotopic (exact) mass is 447 g/mol. The molecule has 3 aromatic rings.